The first-order chi connectivity index (χ1) is 14.4. The van der Waals surface area contributed by atoms with Gasteiger partial charge in [-0.3, -0.25) is 14.4 Å². The van der Waals surface area contributed by atoms with Crippen molar-refractivity contribution in [3.05, 3.63) is 71.3 Å². The molecule has 0 aromatic heterocycles. The number of nitrogens with two attached hydrogens (primary N) is 1. The Balaban J connectivity index is 1.64. The van der Waals surface area contributed by atoms with Crippen LogP contribution in [0.4, 0.5) is 4.79 Å². The number of carbonyl (C=O) groups excluding carboxylic acids is 5. The molecule has 1 heterocycles. The van der Waals surface area contributed by atoms with Crippen molar-refractivity contribution in [3.63, 3.8) is 0 Å². The standard InChI is InChI=1S/C20H17N3O7/c21-16(24)10-15(22-20(28)29-11-12-6-2-1-3-7-12)19(27)30-23-17(25)13-8-4-5-9-14(13)18(23)26/h1-9,15H,10-11H2,(H2,21,24)(H,22,28)/t15-/m0/s1. The number of rotatable bonds is 7. The fraction of sp³-hybridized carbons (Fsp3) is 0.150. The van der Waals surface area contributed by atoms with Gasteiger partial charge in [0.1, 0.15) is 12.6 Å². The van der Waals surface area contributed by atoms with E-state index < -0.39 is 42.2 Å². The van der Waals surface area contributed by atoms with Crippen molar-refractivity contribution in [1.82, 2.24) is 10.4 Å². The molecule has 154 valence electrons. The largest absolute Gasteiger partial charge is 0.445 e. The molecule has 0 bridgehead atoms. The molecular weight excluding hydrogens is 394 g/mol. The van der Waals surface area contributed by atoms with E-state index in [0.717, 1.165) is 0 Å². The molecule has 1 aliphatic heterocycles. The normalized spacial score (nSPS) is 13.4. The van der Waals surface area contributed by atoms with Gasteiger partial charge in [-0.25, -0.2) is 9.59 Å². The molecule has 0 unspecified atom stereocenters. The van der Waals surface area contributed by atoms with Gasteiger partial charge in [-0.15, -0.1) is 0 Å². The first kappa shape index (κ1) is 20.5. The number of nitrogens with one attached hydrogen (secondary N) is 1. The van der Waals surface area contributed by atoms with Crippen LogP contribution >= 0.6 is 0 Å². The molecule has 0 fully saturated rings. The smallest absolute Gasteiger partial charge is 0.408 e. The highest BCUT2D eigenvalue weighted by molar-refractivity contribution is 6.21. The molecule has 10 nitrogen and oxygen atoms in total. The molecule has 1 atom stereocenters. The van der Waals surface area contributed by atoms with E-state index in [4.69, 9.17) is 15.3 Å². The summed E-state index contributed by atoms with van der Waals surface area (Å²) in [6.45, 7) is -0.0799. The number of primary amides is 1. The number of benzene rings is 2. The van der Waals surface area contributed by atoms with Crippen LogP contribution in [-0.2, 0) is 25.8 Å². The molecule has 0 saturated carbocycles. The van der Waals surface area contributed by atoms with E-state index >= 15 is 0 Å². The summed E-state index contributed by atoms with van der Waals surface area (Å²) in [5.74, 6) is -3.82. The lowest BCUT2D eigenvalue weighted by Gasteiger charge is -2.19. The molecule has 30 heavy (non-hydrogen) atoms. The van der Waals surface area contributed by atoms with Crippen LogP contribution in [0.25, 0.3) is 0 Å². The second-order valence-electron chi connectivity index (χ2n) is 6.29. The van der Waals surface area contributed by atoms with Crippen LogP contribution in [0.1, 0.15) is 32.7 Å². The van der Waals surface area contributed by atoms with Crippen molar-refractivity contribution in [3.8, 4) is 0 Å². The Morgan fingerprint density at radius 2 is 1.50 bits per heavy atom. The summed E-state index contributed by atoms with van der Waals surface area (Å²) in [5.41, 5.74) is 5.95. The summed E-state index contributed by atoms with van der Waals surface area (Å²) >= 11 is 0. The summed E-state index contributed by atoms with van der Waals surface area (Å²) in [4.78, 5) is 65.2. The van der Waals surface area contributed by atoms with Crippen LogP contribution in [0, 0.1) is 0 Å². The van der Waals surface area contributed by atoms with Crippen molar-refractivity contribution in [2.45, 2.75) is 19.1 Å². The number of hydroxylamine groups is 2. The van der Waals surface area contributed by atoms with E-state index in [0.29, 0.717) is 5.56 Å². The third-order valence-electron chi connectivity index (χ3n) is 4.13. The number of hydrogen-bond donors (Lipinski definition) is 2. The van der Waals surface area contributed by atoms with Gasteiger partial charge in [0.15, 0.2) is 0 Å². The van der Waals surface area contributed by atoms with Crippen molar-refractivity contribution >= 4 is 29.8 Å². The Bertz CT molecular complexity index is 971. The lowest BCUT2D eigenvalue weighted by molar-refractivity contribution is -0.171. The number of ether oxygens (including phenoxy) is 1. The maximum absolute atomic E-state index is 12.4. The fourth-order valence-electron chi connectivity index (χ4n) is 2.71. The molecule has 10 heteroatoms. The highest BCUT2D eigenvalue weighted by atomic mass is 16.7. The average molecular weight is 411 g/mol. The average Bonchev–Trinajstić information content (AvgIpc) is 2.97. The minimum Gasteiger partial charge on any atom is -0.445 e. The summed E-state index contributed by atoms with van der Waals surface area (Å²) in [7, 11) is 0. The number of carbonyl (C=O) groups is 5. The molecule has 2 aromatic carbocycles. The Kier molecular flexibility index (Phi) is 6.06. The minimum atomic E-state index is -1.56. The highest BCUT2D eigenvalue weighted by Crippen LogP contribution is 2.23. The topological polar surface area (TPSA) is 145 Å². The third-order valence-corrected chi connectivity index (χ3v) is 4.13. The second kappa shape index (κ2) is 8.86. The SMILES string of the molecule is NC(=O)C[C@H](NC(=O)OCc1ccccc1)C(=O)ON1C(=O)c2ccccc2C1=O. The Morgan fingerprint density at radius 1 is 0.933 bits per heavy atom. The van der Waals surface area contributed by atoms with Gasteiger partial charge in [-0.05, 0) is 17.7 Å². The minimum absolute atomic E-state index is 0.0666. The monoisotopic (exact) mass is 411 g/mol. The van der Waals surface area contributed by atoms with Crippen molar-refractivity contribution in [2.24, 2.45) is 5.73 Å². The predicted molar refractivity (Wildman–Crippen MR) is 100 cm³/mol. The van der Waals surface area contributed by atoms with Crippen LogP contribution in [0.5, 0.6) is 0 Å². The maximum Gasteiger partial charge on any atom is 0.408 e. The Labute approximate surface area is 170 Å². The van der Waals surface area contributed by atoms with Crippen LogP contribution in [0.2, 0.25) is 0 Å². The van der Waals surface area contributed by atoms with Crippen LogP contribution in [-0.4, -0.2) is 40.9 Å². The molecular formula is C20H17N3O7. The highest BCUT2D eigenvalue weighted by Gasteiger charge is 2.40. The number of alkyl carbamates (subject to hydrolysis) is 1. The summed E-state index contributed by atoms with van der Waals surface area (Å²) in [6.07, 6.45) is -1.63. The molecule has 0 saturated heterocycles. The quantitative estimate of drug-likeness (QED) is 0.644. The lowest BCUT2D eigenvalue weighted by atomic mass is 10.1. The van der Waals surface area contributed by atoms with Crippen LogP contribution < -0.4 is 11.1 Å². The van der Waals surface area contributed by atoms with E-state index in [1.807, 2.05) is 0 Å². The van der Waals surface area contributed by atoms with Gasteiger partial charge in [0, 0.05) is 0 Å². The molecule has 3 rings (SSSR count). The van der Waals surface area contributed by atoms with E-state index in [2.05, 4.69) is 5.32 Å². The van der Waals surface area contributed by atoms with Crippen LogP contribution in [0.15, 0.2) is 54.6 Å². The van der Waals surface area contributed by atoms with Gasteiger partial charge >= 0.3 is 12.1 Å². The van der Waals surface area contributed by atoms with Crippen molar-refractivity contribution in [2.75, 3.05) is 0 Å². The van der Waals surface area contributed by atoms with Gasteiger partial charge in [0.05, 0.1) is 17.5 Å². The van der Waals surface area contributed by atoms with Gasteiger partial charge in [-0.1, -0.05) is 47.5 Å². The molecule has 4 amide bonds. The van der Waals surface area contributed by atoms with Gasteiger partial charge in [0.25, 0.3) is 11.8 Å². The zero-order valence-electron chi connectivity index (χ0n) is 15.6. The number of fused-ring (bicyclic) bond motifs is 1. The molecule has 3 N–H and O–H groups in total. The fourth-order valence-corrected chi connectivity index (χ4v) is 2.71. The van der Waals surface area contributed by atoms with E-state index in [9.17, 15) is 24.0 Å². The summed E-state index contributed by atoms with van der Waals surface area (Å²) in [6, 6.07) is 13.1. The zero-order chi connectivity index (χ0) is 21.7. The predicted octanol–water partition coefficient (Wildman–Crippen LogP) is 0.911. The summed E-state index contributed by atoms with van der Waals surface area (Å²) in [5, 5.41) is 2.43. The van der Waals surface area contributed by atoms with E-state index in [-0.39, 0.29) is 22.8 Å². The first-order valence-corrected chi connectivity index (χ1v) is 8.82. The van der Waals surface area contributed by atoms with Crippen LogP contribution in [0.3, 0.4) is 0 Å². The van der Waals surface area contributed by atoms with Gasteiger partial charge in [-0.2, -0.15) is 0 Å². The Morgan fingerprint density at radius 3 is 2.07 bits per heavy atom. The number of nitrogens with zero attached hydrogens (tertiary/aromatic N) is 1. The van der Waals surface area contributed by atoms with Crippen molar-refractivity contribution in [1.29, 1.82) is 0 Å². The number of amides is 4. The molecule has 0 radical (unpaired) electrons. The van der Waals surface area contributed by atoms with E-state index in [1.165, 1.54) is 12.1 Å². The van der Waals surface area contributed by atoms with Crippen molar-refractivity contribution < 1.29 is 33.5 Å². The second-order valence-corrected chi connectivity index (χ2v) is 6.29. The number of hydrogen-bond acceptors (Lipinski definition) is 7. The maximum atomic E-state index is 12.4. The molecule has 1 aliphatic rings. The third kappa shape index (κ3) is 4.61. The first-order valence-electron chi connectivity index (χ1n) is 8.82. The zero-order valence-corrected chi connectivity index (χ0v) is 15.6. The van der Waals surface area contributed by atoms with E-state index in [1.54, 1.807) is 42.5 Å². The van der Waals surface area contributed by atoms with Gasteiger partial charge in [0.2, 0.25) is 5.91 Å². The van der Waals surface area contributed by atoms with Gasteiger partial charge < -0.3 is 20.6 Å². The summed E-state index contributed by atoms with van der Waals surface area (Å²) < 4.78 is 5.00. The molecule has 0 spiro atoms. The Hall–Kier alpha value is -4.21. The molecule has 2 aromatic rings. The lowest BCUT2D eigenvalue weighted by Crippen LogP contribution is -2.47. The number of imide groups is 1. The molecule has 0 aliphatic carbocycles.